The maximum absolute atomic E-state index is 12.3. The molecular formula is C20H23N3O3. The van der Waals surface area contributed by atoms with Crippen LogP contribution in [0.15, 0.2) is 48.7 Å². The van der Waals surface area contributed by atoms with Crippen molar-refractivity contribution in [3.8, 4) is 11.3 Å². The lowest BCUT2D eigenvalue weighted by Crippen LogP contribution is -2.43. The van der Waals surface area contributed by atoms with Gasteiger partial charge in [-0.2, -0.15) is 0 Å². The number of pyridine rings is 1. The fraction of sp³-hybridized carbons (Fsp3) is 0.350. The van der Waals surface area contributed by atoms with Crippen LogP contribution in [0.5, 0.6) is 0 Å². The van der Waals surface area contributed by atoms with Gasteiger partial charge in [0.15, 0.2) is 0 Å². The highest BCUT2D eigenvalue weighted by Crippen LogP contribution is 2.28. The third kappa shape index (κ3) is 4.20. The number of carbonyl (C=O) groups excluding carboxylic acids is 2. The topological polar surface area (TPSA) is 85.5 Å². The van der Waals surface area contributed by atoms with Crippen LogP contribution in [0.25, 0.3) is 11.3 Å². The van der Waals surface area contributed by atoms with Crippen molar-refractivity contribution in [1.29, 1.82) is 0 Å². The van der Waals surface area contributed by atoms with Crippen molar-refractivity contribution in [3.63, 3.8) is 0 Å². The average Bonchev–Trinajstić information content (AvgIpc) is 2.67. The van der Waals surface area contributed by atoms with Gasteiger partial charge in [-0.25, -0.2) is 4.79 Å². The number of amides is 2. The second-order valence-electron chi connectivity index (χ2n) is 6.51. The first-order valence-corrected chi connectivity index (χ1v) is 8.81. The summed E-state index contributed by atoms with van der Waals surface area (Å²) in [6, 6.07) is 13.8. The zero-order valence-electron chi connectivity index (χ0n) is 14.8. The molecular weight excluding hydrogens is 330 g/mol. The van der Waals surface area contributed by atoms with E-state index < -0.39 is 0 Å². The van der Waals surface area contributed by atoms with Gasteiger partial charge in [0.2, 0.25) is 5.91 Å². The number of nitrogens with zero attached hydrogens (tertiary/aromatic N) is 2. The standard InChI is InChI=1S/C20H23N3O3/c1-14(23-13-11-17(26-20(23)25)9-10-19(21)24)15-5-7-16(8-6-15)18-4-2-3-12-22-18/h2-8,12,14,17H,9-11,13H2,1H3,(H2,21,24). The predicted octanol–water partition coefficient (Wildman–Crippen LogP) is 3.29. The van der Waals surface area contributed by atoms with E-state index >= 15 is 0 Å². The second-order valence-corrected chi connectivity index (χ2v) is 6.51. The number of aromatic nitrogens is 1. The van der Waals surface area contributed by atoms with Gasteiger partial charge in [0, 0.05) is 31.1 Å². The van der Waals surface area contributed by atoms with Gasteiger partial charge in [-0.05, 0) is 31.0 Å². The minimum Gasteiger partial charge on any atom is -0.446 e. The summed E-state index contributed by atoms with van der Waals surface area (Å²) in [5.41, 5.74) is 8.15. The van der Waals surface area contributed by atoms with Gasteiger partial charge in [0.1, 0.15) is 6.10 Å². The van der Waals surface area contributed by atoms with Gasteiger partial charge < -0.3 is 15.4 Å². The highest BCUT2D eigenvalue weighted by Gasteiger charge is 2.30. The Balaban J connectivity index is 1.63. The molecule has 2 unspecified atom stereocenters. The zero-order valence-corrected chi connectivity index (χ0v) is 14.8. The summed E-state index contributed by atoms with van der Waals surface area (Å²) in [5, 5.41) is 0. The summed E-state index contributed by atoms with van der Waals surface area (Å²) >= 11 is 0. The monoisotopic (exact) mass is 353 g/mol. The maximum atomic E-state index is 12.3. The molecule has 1 fully saturated rings. The van der Waals surface area contributed by atoms with E-state index in [0.717, 1.165) is 16.8 Å². The largest absolute Gasteiger partial charge is 0.446 e. The number of cyclic esters (lactones) is 1. The summed E-state index contributed by atoms with van der Waals surface area (Å²) in [6.07, 6.45) is 2.63. The van der Waals surface area contributed by atoms with E-state index in [-0.39, 0.29) is 30.6 Å². The van der Waals surface area contributed by atoms with E-state index in [2.05, 4.69) is 4.98 Å². The van der Waals surface area contributed by atoms with E-state index in [1.165, 1.54) is 0 Å². The van der Waals surface area contributed by atoms with E-state index in [0.29, 0.717) is 19.4 Å². The molecule has 0 saturated carbocycles. The van der Waals surface area contributed by atoms with Crippen molar-refractivity contribution < 1.29 is 14.3 Å². The fourth-order valence-corrected chi connectivity index (χ4v) is 3.15. The van der Waals surface area contributed by atoms with Crippen LogP contribution in [-0.2, 0) is 9.53 Å². The molecule has 0 aliphatic carbocycles. The quantitative estimate of drug-likeness (QED) is 0.863. The third-order valence-electron chi connectivity index (χ3n) is 4.73. The van der Waals surface area contributed by atoms with Gasteiger partial charge in [-0.1, -0.05) is 30.3 Å². The van der Waals surface area contributed by atoms with Crippen LogP contribution in [-0.4, -0.2) is 34.5 Å². The molecule has 2 atom stereocenters. The lowest BCUT2D eigenvalue weighted by Gasteiger charge is -2.35. The molecule has 1 aromatic heterocycles. The molecule has 0 spiro atoms. The molecule has 6 heteroatoms. The maximum Gasteiger partial charge on any atom is 0.410 e. The summed E-state index contributed by atoms with van der Waals surface area (Å²) in [5.74, 6) is -0.371. The summed E-state index contributed by atoms with van der Waals surface area (Å²) in [7, 11) is 0. The third-order valence-corrected chi connectivity index (χ3v) is 4.73. The molecule has 1 aliphatic heterocycles. The Morgan fingerprint density at radius 1 is 1.31 bits per heavy atom. The van der Waals surface area contributed by atoms with Crippen molar-refractivity contribution in [2.24, 2.45) is 5.73 Å². The molecule has 2 heterocycles. The molecule has 1 aliphatic rings. The van der Waals surface area contributed by atoms with Crippen molar-refractivity contribution >= 4 is 12.0 Å². The number of nitrogens with two attached hydrogens (primary N) is 1. The molecule has 0 bridgehead atoms. The second kappa shape index (κ2) is 7.99. The molecule has 2 aromatic rings. The highest BCUT2D eigenvalue weighted by molar-refractivity contribution is 5.74. The number of primary amides is 1. The van der Waals surface area contributed by atoms with Gasteiger partial charge in [-0.15, -0.1) is 0 Å². The predicted molar refractivity (Wildman–Crippen MR) is 98.1 cm³/mol. The molecule has 136 valence electrons. The van der Waals surface area contributed by atoms with Crippen LogP contribution < -0.4 is 5.73 Å². The van der Waals surface area contributed by atoms with Crippen molar-refractivity contribution in [2.45, 2.75) is 38.3 Å². The number of rotatable bonds is 6. The van der Waals surface area contributed by atoms with Crippen molar-refractivity contribution in [1.82, 2.24) is 9.88 Å². The van der Waals surface area contributed by atoms with Crippen LogP contribution in [0.2, 0.25) is 0 Å². The van der Waals surface area contributed by atoms with E-state index in [4.69, 9.17) is 10.5 Å². The molecule has 6 nitrogen and oxygen atoms in total. The first kappa shape index (κ1) is 17.9. The number of hydrogen-bond acceptors (Lipinski definition) is 4. The van der Waals surface area contributed by atoms with Gasteiger partial charge in [-0.3, -0.25) is 9.78 Å². The van der Waals surface area contributed by atoms with Crippen LogP contribution >= 0.6 is 0 Å². The molecule has 2 N–H and O–H groups in total. The first-order chi connectivity index (χ1) is 12.5. The number of carbonyl (C=O) groups is 2. The summed E-state index contributed by atoms with van der Waals surface area (Å²) in [4.78, 5) is 29.3. The Labute approximate surface area is 153 Å². The molecule has 3 rings (SSSR count). The number of hydrogen-bond donors (Lipinski definition) is 1. The Morgan fingerprint density at radius 3 is 2.69 bits per heavy atom. The van der Waals surface area contributed by atoms with Crippen LogP contribution in [0.4, 0.5) is 4.79 Å². The van der Waals surface area contributed by atoms with Crippen molar-refractivity contribution in [2.75, 3.05) is 6.54 Å². The molecule has 26 heavy (non-hydrogen) atoms. The molecule has 1 aromatic carbocycles. The average molecular weight is 353 g/mol. The Morgan fingerprint density at radius 2 is 2.08 bits per heavy atom. The van der Waals surface area contributed by atoms with Crippen molar-refractivity contribution in [3.05, 3.63) is 54.2 Å². The molecule has 1 saturated heterocycles. The zero-order chi connectivity index (χ0) is 18.5. The Hall–Kier alpha value is -2.89. The number of benzene rings is 1. The fourth-order valence-electron chi connectivity index (χ4n) is 3.15. The van der Waals surface area contributed by atoms with Gasteiger partial charge in [0.05, 0.1) is 11.7 Å². The minimum absolute atomic E-state index is 0.0858. The van der Waals surface area contributed by atoms with Crippen LogP contribution in [0.3, 0.4) is 0 Å². The highest BCUT2D eigenvalue weighted by atomic mass is 16.6. The van der Waals surface area contributed by atoms with Gasteiger partial charge in [0.25, 0.3) is 0 Å². The number of ether oxygens (including phenoxy) is 1. The molecule has 2 amide bonds. The summed E-state index contributed by atoms with van der Waals surface area (Å²) in [6.45, 7) is 2.59. The van der Waals surface area contributed by atoms with Crippen LogP contribution in [0.1, 0.15) is 37.8 Å². The van der Waals surface area contributed by atoms with E-state index in [1.54, 1.807) is 11.1 Å². The first-order valence-electron chi connectivity index (χ1n) is 8.81. The van der Waals surface area contributed by atoms with Crippen LogP contribution in [0, 0.1) is 0 Å². The smallest absolute Gasteiger partial charge is 0.410 e. The minimum atomic E-state index is -0.371. The lowest BCUT2D eigenvalue weighted by molar-refractivity contribution is -0.118. The van der Waals surface area contributed by atoms with E-state index in [9.17, 15) is 9.59 Å². The Kier molecular flexibility index (Phi) is 5.51. The summed E-state index contributed by atoms with van der Waals surface area (Å²) < 4.78 is 5.45. The van der Waals surface area contributed by atoms with Gasteiger partial charge >= 0.3 is 6.09 Å². The molecule has 0 radical (unpaired) electrons. The SMILES string of the molecule is CC(c1ccc(-c2ccccn2)cc1)N1CCC(CCC(N)=O)OC1=O. The lowest BCUT2D eigenvalue weighted by atomic mass is 10.0. The Bertz CT molecular complexity index is 762. The normalized spacial score (nSPS) is 18.3. The van der Waals surface area contributed by atoms with E-state index in [1.807, 2.05) is 49.4 Å².